The number of aryl methyl sites for hydroxylation is 1. The van der Waals surface area contributed by atoms with Crippen molar-refractivity contribution in [3.05, 3.63) is 29.6 Å². The van der Waals surface area contributed by atoms with E-state index in [4.69, 9.17) is 10.7 Å². The van der Waals surface area contributed by atoms with Gasteiger partial charge in [0.1, 0.15) is 5.82 Å². The van der Waals surface area contributed by atoms with Crippen molar-refractivity contribution in [2.24, 2.45) is 12.8 Å². The average molecular weight is 229 g/mol. The van der Waals surface area contributed by atoms with E-state index in [0.717, 1.165) is 24.2 Å². The lowest BCUT2D eigenvalue weighted by Gasteiger charge is -2.08. The van der Waals surface area contributed by atoms with E-state index in [0.29, 0.717) is 5.92 Å². The number of rotatable bonds is 2. The van der Waals surface area contributed by atoms with E-state index < -0.39 is 0 Å². The summed E-state index contributed by atoms with van der Waals surface area (Å²) in [6.07, 6.45) is 2.20. The Kier molecular flexibility index (Phi) is 2.11. The third kappa shape index (κ3) is 1.57. The Balaban J connectivity index is 2.17. The van der Waals surface area contributed by atoms with Gasteiger partial charge in [-0.05, 0) is 30.5 Å². The molecule has 0 unspecified atom stereocenters. The van der Waals surface area contributed by atoms with Crippen molar-refractivity contribution in [3.8, 4) is 0 Å². The molecule has 2 N–H and O–H groups in total. The monoisotopic (exact) mass is 229 g/mol. The number of hydrogen-bond donors (Lipinski definition) is 1. The molecule has 1 fully saturated rings. The molecule has 1 saturated carbocycles. The minimum Gasteiger partial charge on any atom is -0.331 e. The lowest BCUT2D eigenvalue weighted by atomic mass is 10.1. The Morgan fingerprint density at radius 2 is 2.06 bits per heavy atom. The largest absolute Gasteiger partial charge is 0.331 e. The zero-order chi connectivity index (χ0) is 12.2. The molecule has 0 spiro atoms. The van der Waals surface area contributed by atoms with Gasteiger partial charge in [0.15, 0.2) is 0 Å². The second-order valence-electron chi connectivity index (χ2n) is 5.54. The number of nitrogens with two attached hydrogens (primary N) is 1. The first-order valence-electron chi connectivity index (χ1n) is 6.27. The van der Waals surface area contributed by atoms with Crippen molar-refractivity contribution in [2.75, 3.05) is 0 Å². The Morgan fingerprint density at radius 3 is 2.65 bits per heavy atom. The van der Waals surface area contributed by atoms with E-state index in [1.54, 1.807) is 0 Å². The predicted molar refractivity (Wildman–Crippen MR) is 69.9 cm³/mol. The predicted octanol–water partition coefficient (Wildman–Crippen LogP) is 2.64. The third-order valence-corrected chi connectivity index (χ3v) is 3.80. The van der Waals surface area contributed by atoms with Crippen molar-refractivity contribution in [1.82, 2.24) is 9.55 Å². The van der Waals surface area contributed by atoms with E-state index in [1.165, 1.54) is 11.1 Å². The summed E-state index contributed by atoms with van der Waals surface area (Å²) in [6, 6.07) is 6.46. The molecule has 3 nitrogen and oxygen atoms in total. The molecule has 3 heteroatoms. The molecule has 17 heavy (non-hydrogen) atoms. The van der Waals surface area contributed by atoms with Crippen LogP contribution in [0.1, 0.15) is 44.0 Å². The van der Waals surface area contributed by atoms with Crippen LogP contribution < -0.4 is 5.73 Å². The van der Waals surface area contributed by atoms with E-state index in [-0.39, 0.29) is 5.54 Å². The number of fused-ring (bicyclic) bond motifs is 1. The molecule has 0 bridgehead atoms. The van der Waals surface area contributed by atoms with Crippen LogP contribution in [0.25, 0.3) is 11.0 Å². The zero-order valence-corrected chi connectivity index (χ0v) is 10.7. The highest BCUT2D eigenvalue weighted by Gasteiger charge is 2.40. The molecule has 1 heterocycles. The summed E-state index contributed by atoms with van der Waals surface area (Å²) >= 11 is 0. The summed E-state index contributed by atoms with van der Waals surface area (Å²) in [7, 11) is 2.08. The van der Waals surface area contributed by atoms with Crippen molar-refractivity contribution in [1.29, 1.82) is 0 Å². The summed E-state index contributed by atoms with van der Waals surface area (Å²) in [6.45, 7) is 4.35. The zero-order valence-electron chi connectivity index (χ0n) is 10.7. The molecule has 0 saturated heterocycles. The van der Waals surface area contributed by atoms with Crippen molar-refractivity contribution < 1.29 is 0 Å². The van der Waals surface area contributed by atoms with Gasteiger partial charge in [-0.3, -0.25) is 0 Å². The third-order valence-electron chi connectivity index (χ3n) is 3.80. The van der Waals surface area contributed by atoms with E-state index >= 15 is 0 Å². The van der Waals surface area contributed by atoms with Crippen LogP contribution >= 0.6 is 0 Å². The second kappa shape index (κ2) is 3.33. The second-order valence-corrected chi connectivity index (χ2v) is 5.54. The molecule has 3 rings (SSSR count). The van der Waals surface area contributed by atoms with Crippen molar-refractivity contribution in [3.63, 3.8) is 0 Å². The molecule has 90 valence electrons. The highest BCUT2D eigenvalue weighted by molar-refractivity contribution is 5.77. The topological polar surface area (TPSA) is 43.8 Å². The molecule has 1 aromatic heterocycles. The van der Waals surface area contributed by atoms with Crippen LogP contribution in [0.4, 0.5) is 0 Å². The highest BCUT2D eigenvalue weighted by atomic mass is 15.1. The van der Waals surface area contributed by atoms with Gasteiger partial charge in [-0.25, -0.2) is 4.98 Å². The lowest BCUT2D eigenvalue weighted by Crippen LogP contribution is -2.18. The minimum atomic E-state index is -0.0658. The summed E-state index contributed by atoms with van der Waals surface area (Å²) in [5.41, 5.74) is 9.67. The quantitative estimate of drug-likeness (QED) is 0.860. The fourth-order valence-electron chi connectivity index (χ4n) is 2.47. The van der Waals surface area contributed by atoms with Crippen molar-refractivity contribution >= 4 is 11.0 Å². The van der Waals surface area contributed by atoms with Gasteiger partial charge < -0.3 is 10.3 Å². The maximum Gasteiger partial charge on any atom is 0.112 e. The first kappa shape index (κ1) is 10.8. The van der Waals surface area contributed by atoms with Crippen molar-refractivity contribution in [2.45, 2.75) is 38.1 Å². The van der Waals surface area contributed by atoms with Crippen LogP contribution in [0.5, 0.6) is 0 Å². The van der Waals surface area contributed by atoms with E-state index in [1.807, 2.05) is 0 Å². The Morgan fingerprint density at radius 1 is 1.35 bits per heavy atom. The molecule has 0 atom stereocenters. The first-order chi connectivity index (χ1) is 8.01. The van der Waals surface area contributed by atoms with Gasteiger partial charge in [0, 0.05) is 18.5 Å². The van der Waals surface area contributed by atoms with Gasteiger partial charge in [0.25, 0.3) is 0 Å². The molecule has 1 aliphatic carbocycles. The van der Waals surface area contributed by atoms with Crippen LogP contribution in [0.2, 0.25) is 0 Å². The Bertz CT molecular complexity index is 576. The summed E-state index contributed by atoms with van der Waals surface area (Å²) < 4.78 is 2.18. The maximum atomic E-state index is 6.23. The highest BCUT2D eigenvalue weighted by Crippen LogP contribution is 2.43. The first-order valence-corrected chi connectivity index (χ1v) is 6.27. The molecule has 1 aromatic carbocycles. The normalized spacial score (nSPS) is 17.9. The van der Waals surface area contributed by atoms with Crippen LogP contribution in [-0.2, 0) is 12.6 Å². The molecule has 0 amide bonds. The van der Waals surface area contributed by atoms with Gasteiger partial charge in [-0.2, -0.15) is 0 Å². The average Bonchev–Trinajstić information content (AvgIpc) is 2.95. The van der Waals surface area contributed by atoms with Crippen LogP contribution in [-0.4, -0.2) is 9.55 Å². The van der Waals surface area contributed by atoms with Crippen LogP contribution in [0.15, 0.2) is 18.2 Å². The molecule has 0 aliphatic heterocycles. The van der Waals surface area contributed by atoms with E-state index in [2.05, 4.69) is 43.7 Å². The fraction of sp³-hybridized carbons (Fsp3) is 0.500. The number of imidazole rings is 1. The maximum absolute atomic E-state index is 6.23. The summed E-state index contributed by atoms with van der Waals surface area (Å²) in [5.74, 6) is 1.59. The minimum absolute atomic E-state index is 0.0658. The summed E-state index contributed by atoms with van der Waals surface area (Å²) in [4.78, 5) is 4.72. The Hall–Kier alpha value is -1.35. The molecule has 1 aliphatic rings. The van der Waals surface area contributed by atoms with Gasteiger partial charge in [0.2, 0.25) is 0 Å². The SMILES string of the molecule is CC(C)c1nc2cc(C3(N)CC3)ccc2n1C. The number of benzene rings is 1. The standard InChI is InChI=1S/C14H19N3/c1-9(2)13-16-11-8-10(14(15)6-7-14)4-5-12(11)17(13)3/h4-5,8-9H,6-7,15H2,1-3H3. The Labute approximate surface area is 102 Å². The van der Waals surface area contributed by atoms with Gasteiger partial charge in [-0.1, -0.05) is 19.9 Å². The molecule has 0 radical (unpaired) electrons. The number of hydrogen-bond acceptors (Lipinski definition) is 2. The van der Waals surface area contributed by atoms with Gasteiger partial charge in [0.05, 0.1) is 11.0 Å². The smallest absolute Gasteiger partial charge is 0.112 e. The van der Waals surface area contributed by atoms with Gasteiger partial charge in [-0.15, -0.1) is 0 Å². The number of aromatic nitrogens is 2. The fourth-order valence-corrected chi connectivity index (χ4v) is 2.47. The molecular weight excluding hydrogens is 210 g/mol. The van der Waals surface area contributed by atoms with Crippen LogP contribution in [0, 0.1) is 0 Å². The molecular formula is C14H19N3. The van der Waals surface area contributed by atoms with E-state index in [9.17, 15) is 0 Å². The lowest BCUT2D eigenvalue weighted by molar-refractivity contribution is 0.722. The molecule has 2 aromatic rings. The number of nitrogens with zero attached hydrogens (tertiary/aromatic N) is 2. The van der Waals surface area contributed by atoms with Crippen LogP contribution in [0.3, 0.4) is 0 Å². The summed E-state index contributed by atoms with van der Waals surface area (Å²) in [5, 5.41) is 0. The van der Waals surface area contributed by atoms with Gasteiger partial charge >= 0.3 is 0 Å².